The summed E-state index contributed by atoms with van der Waals surface area (Å²) >= 11 is 1.63. The van der Waals surface area contributed by atoms with E-state index in [9.17, 15) is 0 Å². The molecular weight excluding hydrogens is 306 g/mol. The number of hydrogen-bond acceptors (Lipinski definition) is 5. The first-order valence-corrected chi connectivity index (χ1v) is 8.90. The number of rotatable bonds is 4. The maximum Gasteiger partial charge on any atom is 0.241 e. The Kier molecular flexibility index (Phi) is 4.22. The van der Waals surface area contributed by atoms with E-state index in [1.165, 1.54) is 18.4 Å². The van der Waals surface area contributed by atoms with Crippen molar-refractivity contribution in [3.05, 3.63) is 59.3 Å². The van der Waals surface area contributed by atoms with Crippen LogP contribution in [0.3, 0.4) is 0 Å². The smallest absolute Gasteiger partial charge is 0.241 e. The monoisotopic (exact) mass is 325 g/mol. The molecule has 1 aliphatic rings. The predicted octanol–water partition coefficient (Wildman–Crippen LogP) is 4.18. The van der Waals surface area contributed by atoms with Crippen molar-refractivity contribution >= 4 is 11.3 Å². The van der Waals surface area contributed by atoms with Crippen LogP contribution < -0.4 is 0 Å². The van der Waals surface area contributed by atoms with Gasteiger partial charge in [0.05, 0.1) is 11.4 Å². The summed E-state index contributed by atoms with van der Waals surface area (Å²) in [5.74, 6) is 2.09. The molecule has 0 amide bonds. The number of aromatic nitrogens is 2. The number of nitrogens with zero attached hydrogens (tertiary/aromatic N) is 3. The van der Waals surface area contributed by atoms with Crippen LogP contribution in [-0.4, -0.2) is 28.1 Å². The minimum Gasteiger partial charge on any atom is -0.338 e. The molecule has 118 valence electrons. The van der Waals surface area contributed by atoms with E-state index in [-0.39, 0.29) is 0 Å². The molecule has 5 heteroatoms. The molecule has 0 bridgehead atoms. The van der Waals surface area contributed by atoms with Gasteiger partial charge in [-0.2, -0.15) is 4.98 Å². The SMILES string of the molecule is c1ccc(C2CCN(Cc3nc(-c4cccs4)no3)CC2)cc1. The van der Waals surface area contributed by atoms with Gasteiger partial charge in [-0.25, -0.2) is 0 Å². The van der Waals surface area contributed by atoms with Crippen LogP contribution in [-0.2, 0) is 6.54 Å². The standard InChI is InChI=1S/C18H19N3OS/c1-2-5-14(6-3-1)15-8-10-21(11-9-15)13-17-19-18(20-22-17)16-7-4-12-23-16/h1-7,12,15H,8-11,13H2. The van der Waals surface area contributed by atoms with Crippen molar-refractivity contribution < 1.29 is 4.52 Å². The molecule has 3 aromatic rings. The molecule has 1 fully saturated rings. The molecule has 1 aliphatic heterocycles. The minimum absolute atomic E-state index is 0.678. The van der Waals surface area contributed by atoms with Gasteiger partial charge in [0.15, 0.2) is 0 Å². The van der Waals surface area contributed by atoms with E-state index in [1.54, 1.807) is 11.3 Å². The molecule has 2 aromatic heterocycles. The third kappa shape index (κ3) is 3.35. The van der Waals surface area contributed by atoms with Crippen molar-refractivity contribution in [2.24, 2.45) is 0 Å². The molecule has 0 spiro atoms. The Morgan fingerprint density at radius 3 is 2.65 bits per heavy atom. The summed E-state index contributed by atoms with van der Waals surface area (Å²) in [6.45, 7) is 2.91. The molecule has 0 radical (unpaired) electrons. The largest absolute Gasteiger partial charge is 0.338 e. The topological polar surface area (TPSA) is 42.2 Å². The maximum atomic E-state index is 5.41. The van der Waals surface area contributed by atoms with Crippen molar-refractivity contribution in [2.45, 2.75) is 25.3 Å². The fourth-order valence-electron chi connectivity index (χ4n) is 3.17. The number of hydrogen-bond donors (Lipinski definition) is 0. The second-order valence-electron chi connectivity index (χ2n) is 5.95. The van der Waals surface area contributed by atoms with Crippen LogP contribution >= 0.6 is 11.3 Å². The molecule has 1 saturated heterocycles. The van der Waals surface area contributed by atoms with E-state index in [1.807, 2.05) is 17.5 Å². The number of likely N-dealkylation sites (tertiary alicyclic amines) is 1. The van der Waals surface area contributed by atoms with E-state index in [0.29, 0.717) is 17.6 Å². The molecule has 0 unspecified atom stereocenters. The number of piperidine rings is 1. The zero-order valence-electron chi connectivity index (χ0n) is 12.9. The molecule has 3 heterocycles. The zero-order valence-corrected chi connectivity index (χ0v) is 13.7. The Bertz CT molecular complexity index is 731. The first-order chi connectivity index (χ1) is 11.4. The first-order valence-electron chi connectivity index (χ1n) is 8.02. The summed E-state index contributed by atoms with van der Waals surface area (Å²) in [6, 6.07) is 14.9. The molecule has 0 aliphatic carbocycles. The lowest BCUT2D eigenvalue weighted by Crippen LogP contribution is -2.32. The molecule has 4 rings (SSSR count). The molecule has 0 saturated carbocycles. The fourth-order valence-corrected chi connectivity index (χ4v) is 3.82. The van der Waals surface area contributed by atoms with E-state index >= 15 is 0 Å². The van der Waals surface area contributed by atoms with Gasteiger partial charge in [-0.05, 0) is 48.9 Å². The second-order valence-corrected chi connectivity index (χ2v) is 6.90. The average molecular weight is 325 g/mol. The molecule has 4 nitrogen and oxygen atoms in total. The summed E-state index contributed by atoms with van der Waals surface area (Å²) in [6.07, 6.45) is 2.38. The third-order valence-electron chi connectivity index (χ3n) is 4.43. The van der Waals surface area contributed by atoms with Gasteiger partial charge < -0.3 is 4.52 Å². The fraction of sp³-hybridized carbons (Fsp3) is 0.333. The lowest BCUT2D eigenvalue weighted by atomic mass is 9.89. The van der Waals surface area contributed by atoms with E-state index in [4.69, 9.17) is 4.52 Å². The van der Waals surface area contributed by atoms with Crippen LogP contribution in [0.4, 0.5) is 0 Å². The van der Waals surface area contributed by atoms with Gasteiger partial charge in [0.25, 0.3) is 0 Å². The van der Waals surface area contributed by atoms with Gasteiger partial charge >= 0.3 is 0 Å². The summed E-state index contributed by atoms with van der Waals surface area (Å²) < 4.78 is 5.41. The van der Waals surface area contributed by atoms with Crippen molar-refractivity contribution in [1.29, 1.82) is 0 Å². The van der Waals surface area contributed by atoms with Crippen molar-refractivity contribution in [1.82, 2.24) is 15.0 Å². The van der Waals surface area contributed by atoms with E-state index in [2.05, 4.69) is 45.4 Å². The molecular formula is C18H19N3OS. The summed E-state index contributed by atoms with van der Waals surface area (Å²) in [4.78, 5) is 7.98. The maximum absolute atomic E-state index is 5.41. The van der Waals surface area contributed by atoms with Gasteiger partial charge in [-0.3, -0.25) is 4.90 Å². The van der Waals surface area contributed by atoms with Gasteiger partial charge in [-0.1, -0.05) is 41.6 Å². The average Bonchev–Trinajstić information content (AvgIpc) is 3.28. The van der Waals surface area contributed by atoms with Gasteiger partial charge in [-0.15, -0.1) is 11.3 Å². The highest BCUT2D eigenvalue weighted by Crippen LogP contribution is 2.28. The van der Waals surface area contributed by atoms with Crippen LogP contribution in [0.15, 0.2) is 52.4 Å². The Hall–Kier alpha value is -1.98. The molecule has 23 heavy (non-hydrogen) atoms. The Morgan fingerprint density at radius 1 is 1.09 bits per heavy atom. The van der Waals surface area contributed by atoms with Crippen LogP contribution in [0.1, 0.15) is 30.2 Å². The van der Waals surface area contributed by atoms with E-state index in [0.717, 1.165) is 24.5 Å². The predicted molar refractivity (Wildman–Crippen MR) is 91.3 cm³/mol. The lowest BCUT2D eigenvalue weighted by Gasteiger charge is -2.31. The Morgan fingerprint density at radius 2 is 1.91 bits per heavy atom. The van der Waals surface area contributed by atoms with Crippen LogP contribution in [0, 0.1) is 0 Å². The summed E-state index contributed by atoms with van der Waals surface area (Å²) in [5.41, 5.74) is 1.46. The zero-order chi connectivity index (χ0) is 15.5. The second kappa shape index (κ2) is 6.64. The molecule has 0 atom stereocenters. The molecule has 0 N–H and O–H groups in total. The van der Waals surface area contributed by atoms with Crippen molar-refractivity contribution in [3.63, 3.8) is 0 Å². The van der Waals surface area contributed by atoms with Gasteiger partial charge in [0.1, 0.15) is 0 Å². The third-order valence-corrected chi connectivity index (χ3v) is 5.29. The number of thiophene rings is 1. The quantitative estimate of drug-likeness (QED) is 0.722. The minimum atomic E-state index is 0.678. The summed E-state index contributed by atoms with van der Waals surface area (Å²) in [7, 11) is 0. The first kappa shape index (κ1) is 14.6. The highest BCUT2D eigenvalue weighted by molar-refractivity contribution is 7.13. The van der Waals surface area contributed by atoms with Gasteiger partial charge in [0.2, 0.25) is 11.7 Å². The van der Waals surface area contributed by atoms with Crippen LogP contribution in [0.5, 0.6) is 0 Å². The highest BCUT2D eigenvalue weighted by atomic mass is 32.1. The van der Waals surface area contributed by atoms with E-state index < -0.39 is 0 Å². The van der Waals surface area contributed by atoms with Crippen LogP contribution in [0.2, 0.25) is 0 Å². The normalized spacial score (nSPS) is 16.7. The van der Waals surface area contributed by atoms with Gasteiger partial charge in [0, 0.05) is 0 Å². The Labute approximate surface area is 139 Å². The van der Waals surface area contributed by atoms with Crippen LogP contribution in [0.25, 0.3) is 10.7 Å². The van der Waals surface area contributed by atoms with Crippen molar-refractivity contribution in [2.75, 3.05) is 13.1 Å². The summed E-state index contributed by atoms with van der Waals surface area (Å²) in [5, 5.41) is 6.11. The lowest BCUT2D eigenvalue weighted by molar-refractivity contribution is 0.181. The highest BCUT2D eigenvalue weighted by Gasteiger charge is 2.22. The number of benzene rings is 1. The van der Waals surface area contributed by atoms with Crippen molar-refractivity contribution in [3.8, 4) is 10.7 Å². The Balaban J connectivity index is 1.35. The molecule has 1 aromatic carbocycles.